The van der Waals surface area contributed by atoms with Crippen LogP contribution in [0.1, 0.15) is 37.3 Å². The molecular formula is C22H25FN2O3S. The Balaban J connectivity index is 1.67. The van der Waals surface area contributed by atoms with Crippen LogP contribution in [0.5, 0.6) is 0 Å². The van der Waals surface area contributed by atoms with Crippen LogP contribution < -0.4 is 4.90 Å². The lowest BCUT2D eigenvalue weighted by molar-refractivity contribution is -0.122. The molecule has 2 aliphatic heterocycles. The second-order valence-corrected chi connectivity index (χ2v) is 9.85. The molecule has 0 aliphatic carbocycles. The molecule has 1 amide bonds. The monoisotopic (exact) mass is 416 g/mol. The molecule has 2 aromatic carbocycles. The minimum Gasteiger partial charge on any atom is -0.308 e. The van der Waals surface area contributed by atoms with E-state index in [0.29, 0.717) is 31.5 Å². The van der Waals surface area contributed by atoms with Crippen molar-refractivity contribution in [3.63, 3.8) is 0 Å². The molecule has 1 saturated heterocycles. The Morgan fingerprint density at radius 2 is 1.83 bits per heavy atom. The number of carbonyl (C=O) groups excluding carboxylic acids is 1. The van der Waals surface area contributed by atoms with E-state index >= 15 is 0 Å². The van der Waals surface area contributed by atoms with Crippen LogP contribution in [0.3, 0.4) is 0 Å². The number of hydrogen-bond acceptors (Lipinski definition) is 3. The maximum atomic E-state index is 13.7. The standard InChI is InChI=1S/C22H25FN2O3S/c1-15-5-10-19(11-6-15)29(27,28)24-13-3-4-21(24)22(26)25-16(2)7-8-17-14-18(23)9-12-20(17)25/h5-6,9-12,14,16,21H,3-4,7-8,13H2,1-2H3/t16-,21-/m0/s1. The zero-order valence-electron chi connectivity index (χ0n) is 16.6. The zero-order valence-corrected chi connectivity index (χ0v) is 17.5. The largest absolute Gasteiger partial charge is 0.308 e. The summed E-state index contributed by atoms with van der Waals surface area (Å²) in [6.07, 6.45) is 2.55. The number of fused-ring (bicyclic) bond motifs is 1. The first kappa shape index (κ1) is 20.0. The molecule has 29 heavy (non-hydrogen) atoms. The minimum absolute atomic E-state index is 0.0648. The van der Waals surface area contributed by atoms with Gasteiger partial charge in [-0.1, -0.05) is 17.7 Å². The van der Waals surface area contributed by atoms with E-state index in [9.17, 15) is 17.6 Å². The molecule has 0 radical (unpaired) electrons. The summed E-state index contributed by atoms with van der Waals surface area (Å²) in [7, 11) is -3.76. The van der Waals surface area contributed by atoms with Gasteiger partial charge in [-0.25, -0.2) is 12.8 Å². The number of sulfonamides is 1. The lowest BCUT2D eigenvalue weighted by Gasteiger charge is -2.38. The smallest absolute Gasteiger partial charge is 0.245 e. The molecule has 2 aromatic rings. The van der Waals surface area contributed by atoms with Gasteiger partial charge in [-0.15, -0.1) is 0 Å². The third-order valence-electron chi connectivity index (χ3n) is 5.93. The predicted octanol–water partition coefficient (Wildman–Crippen LogP) is 3.66. The van der Waals surface area contributed by atoms with Crippen LogP contribution in [0.4, 0.5) is 10.1 Å². The van der Waals surface area contributed by atoms with Crippen molar-refractivity contribution < 1.29 is 17.6 Å². The first-order valence-electron chi connectivity index (χ1n) is 9.99. The van der Waals surface area contributed by atoms with Crippen LogP contribution in [-0.4, -0.2) is 37.3 Å². The molecule has 0 bridgehead atoms. The molecular weight excluding hydrogens is 391 g/mol. The van der Waals surface area contributed by atoms with E-state index in [0.717, 1.165) is 17.5 Å². The number of amides is 1. The minimum atomic E-state index is -3.76. The molecule has 2 heterocycles. The highest BCUT2D eigenvalue weighted by Crippen LogP contribution is 2.35. The van der Waals surface area contributed by atoms with Gasteiger partial charge in [0.1, 0.15) is 11.9 Å². The summed E-state index contributed by atoms with van der Waals surface area (Å²) < 4.78 is 41.4. The molecule has 5 nitrogen and oxygen atoms in total. The Labute approximate surface area is 171 Å². The highest BCUT2D eigenvalue weighted by atomic mass is 32.2. The molecule has 2 aliphatic rings. The molecule has 7 heteroatoms. The van der Waals surface area contributed by atoms with Crippen LogP contribution in [0.25, 0.3) is 0 Å². The number of aryl methyl sites for hydroxylation is 2. The van der Waals surface area contributed by atoms with Crippen LogP contribution >= 0.6 is 0 Å². The van der Waals surface area contributed by atoms with Crippen LogP contribution in [0.2, 0.25) is 0 Å². The lowest BCUT2D eigenvalue weighted by atomic mass is 9.95. The van der Waals surface area contributed by atoms with E-state index in [1.807, 2.05) is 13.8 Å². The molecule has 0 saturated carbocycles. The third kappa shape index (κ3) is 3.57. The first-order valence-corrected chi connectivity index (χ1v) is 11.4. The topological polar surface area (TPSA) is 57.7 Å². The molecule has 1 fully saturated rings. The summed E-state index contributed by atoms with van der Waals surface area (Å²) in [6, 6.07) is 10.4. The SMILES string of the molecule is Cc1ccc(S(=O)(=O)N2CCC[C@H]2C(=O)N2c3ccc(F)cc3CC[C@@H]2C)cc1. The second-order valence-electron chi connectivity index (χ2n) is 7.96. The number of rotatable bonds is 3. The number of carbonyl (C=O) groups is 1. The van der Waals surface area contributed by atoms with Gasteiger partial charge in [-0.3, -0.25) is 4.79 Å². The van der Waals surface area contributed by atoms with Crippen molar-refractivity contribution in [3.05, 3.63) is 59.4 Å². The van der Waals surface area contributed by atoms with E-state index in [1.54, 1.807) is 35.2 Å². The zero-order chi connectivity index (χ0) is 20.8. The summed E-state index contributed by atoms with van der Waals surface area (Å²) in [6.45, 7) is 4.18. The molecule has 0 N–H and O–H groups in total. The van der Waals surface area contributed by atoms with E-state index in [2.05, 4.69) is 0 Å². The van der Waals surface area contributed by atoms with Gasteiger partial charge in [-0.05, 0) is 75.4 Å². The highest BCUT2D eigenvalue weighted by Gasteiger charge is 2.43. The van der Waals surface area contributed by atoms with Crippen molar-refractivity contribution in [1.29, 1.82) is 0 Å². The van der Waals surface area contributed by atoms with Gasteiger partial charge in [0.25, 0.3) is 0 Å². The summed E-state index contributed by atoms with van der Waals surface area (Å²) in [5.41, 5.74) is 2.46. The van der Waals surface area contributed by atoms with E-state index in [1.165, 1.54) is 16.4 Å². The van der Waals surface area contributed by atoms with Gasteiger partial charge in [0.15, 0.2) is 0 Å². The first-order chi connectivity index (χ1) is 13.8. The Hall–Kier alpha value is -2.25. The average Bonchev–Trinajstić information content (AvgIpc) is 3.19. The predicted molar refractivity (Wildman–Crippen MR) is 110 cm³/mol. The fourth-order valence-electron chi connectivity index (χ4n) is 4.34. The number of anilines is 1. The second kappa shape index (κ2) is 7.54. The summed E-state index contributed by atoms with van der Waals surface area (Å²) in [5, 5.41) is 0. The Bertz CT molecular complexity index is 1040. The third-order valence-corrected chi connectivity index (χ3v) is 7.85. The summed E-state index contributed by atoms with van der Waals surface area (Å²) in [4.78, 5) is 15.4. The van der Waals surface area contributed by atoms with Crippen molar-refractivity contribution in [2.45, 2.75) is 56.5 Å². The number of hydrogen-bond donors (Lipinski definition) is 0. The van der Waals surface area contributed by atoms with Crippen molar-refractivity contribution in [3.8, 4) is 0 Å². The van der Waals surface area contributed by atoms with Crippen LogP contribution in [0.15, 0.2) is 47.4 Å². The molecule has 0 spiro atoms. The van der Waals surface area contributed by atoms with Crippen molar-refractivity contribution >= 4 is 21.6 Å². The number of benzene rings is 2. The molecule has 0 unspecified atom stereocenters. The maximum absolute atomic E-state index is 13.7. The Morgan fingerprint density at radius 3 is 2.55 bits per heavy atom. The van der Waals surface area contributed by atoms with Gasteiger partial charge in [-0.2, -0.15) is 4.31 Å². The molecule has 2 atom stereocenters. The number of halogens is 1. The fourth-order valence-corrected chi connectivity index (χ4v) is 5.99. The molecule has 0 aromatic heterocycles. The highest BCUT2D eigenvalue weighted by molar-refractivity contribution is 7.89. The van der Waals surface area contributed by atoms with E-state index < -0.39 is 16.1 Å². The van der Waals surface area contributed by atoms with Crippen molar-refractivity contribution in [2.75, 3.05) is 11.4 Å². The summed E-state index contributed by atoms with van der Waals surface area (Å²) in [5.74, 6) is -0.548. The van der Waals surface area contributed by atoms with Crippen molar-refractivity contribution in [1.82, 2.24) is 4.31 Å². The quantitative estimate of drug-likeness (QED) is 0.767. The molecule has 154 valence electrons. The maximum Gasteiger partial charge on any atom is 0.245 e. The lowest BCUT2D eigenvalue weighted by Crippen LogP contribution is -2.52. The van der Waals surface area contributed by atoms with E-state index in [4.69, 9.17) is 0 Å². The van der Waals surface area contributed by atoms with E-state index in [-0.39, 0.29) is 22.7 Å². The number of nitrogens with zero attached hydrogens (tertiary/aromatic N) is 2. The normalized spacial score (nSPS) is 22.5. The average molecular weight is 417 g/mol. The molecule has 4 rings (SSSR count). The van der Waals surface area contributed by atoms with Crippen molar-refractivity contribution in [2.24, 2.45) is 0 Å². The van der Waals surface area contributed by atoms with Gasteiger partial charge in [0.05, 0.1) is 4.90 Å². The van der Waals surface area contributed by atoms with Crippen LogP contribution in [0, 0.1) is 12.7 Å². The Morgan fingerprint density at radius 1 is 1.10 bits per heavy atom. The fraction of sp³-hybridized carbons (Fsp3) is 0.409. The van der Waals surface area contributed by atoms with Gasteiger partial charge in [0, 0.05) is 18.3 Å². The summed E-state index contributed by atoms with van der Waals surface area (Å²) >= 11 is 0. The van der Waals surface area contributed by atoms with Crippen LogP contribution in [-0.2, 0) is 21.2 Å². The Kier molecular flexibility index (Phi) is 5.21. The van der Waals surface area contributed by atoms with Gasteiger partial charge >= 0.3 is 0 Å². The van der Waals surface area contributed by atoms with Gasteiger partial charge < -0.3 is 4.90 Å². The van der Waals surface area contributed by atoms with Gasteiger partial charge in [0.2, 0.25) is 15.9 Å².